The third kappa shape index (κ3) is 7.79. The van der Waals surface area contributed by atoms with Crippen molar-refractivity contribution in [3.63, 3.8) is 0 Å². The van der Waals surface area contributed by atoms with Crippen LogP contribution in [0.2, 0.25) is 0 Å². The van der Waals surface area contributed by atoms with E-state index in [2.05, 4.69) is 38.8 Å². The van der Waals surface area contributed by atoms with E-state index in [-0.39, 0.29) is 21.1 Å². The minimum atomic E-state index is 0. The van der Waals surface area contributed by atoms with Crippen molar-refractivity contribution in [2.24, 2.45) is 0 Å². The Morgan fingerprint density at radius 3 is 1.73 bits per heavy atom. The fourth-order valence-corrected chi connectivity index (χ4v) is 1.07. The second-order valence-electron chi connectivity index (χ2n) is 3.31. The Balaban J connectivity index is 0.000000245. The molecule has 0 spiro atoms. The van der Waals surface area contributed by atoms with Crippen LogP contribution < -0.4 is 0 Å². The molecule has 0 saturated heterocycles. The molecule has 1 aliphatic rings. The quantitative estimate of drug-likeness (QED) is 0.503. The maximum Gasteiger partial charge on any atom is 0 e. The molecule has 0 nitrogen and oxygen atoms in total. The minimum Gasteiger partial charge on any atom is -0.726 e. The standard InChI is InChI=1S/2C7H8.Mo/c2*1-7-5-3-2-4-6-7;/h2*2-6H,1H3;/q;-6;. The molecule has 0 unspecified atom stereocenters. The van der Waals surface area contributed by atoms with Crippen LogP contribution in [0.15, 0.2) is 30.3 Å². The molecule has 0 radical (unpaired) electrons. The van der Waals surface area contributed by atoms with Gasteiger partial charge in [0.25, 0.3) is 0 Å². The van der Waals surface area contributed by atoms with Gasteiger partial charge in [0.2, 0.25) is 0 Å². The van der Waals surface area contributed by atoms with Gasteiger partial charge in [-0.3, -0.25) is 0 Å². The molecule has 0 bridgehead atoms. The Morgan fingerprint density at radius 2 is 1.47 bits per heavy atom. The molecule has 1 saturated carbocycles. The Kier molecular flexibility index (Phi) is 9.10. The number of hydrogen-bond donors (Lipinski definition) is 0. The van der Waals surface area contributed by atoms with Crippen LogP contribution in [0.5, 0.6) is 0 Å². The van der Waals surface area contributed by atoms with Crippen molar-refractivity contribution >= 4 is 0 Å². The smallest absolute Gasteiger partial charge is 0 e. The molecule has 84 valence electrons. The normalized spacial score (nSPS) is 15.9. The summed E-state index contributed by atoms with van der Waals surface area (Å²) < 4.78 is 0. The van der Waals surface area contributed by atoms with Crippen LogP contribution in [0.25, 0.3) is 0 Å². The molecule has 1 fully saturated rings. The summed E-state index contributed by atoms with van der Waals surface area (Å²) in [6, 6.07) is 10.3. The van der Waals surface area contributed by atoms with E-state index in [0.717, 1.165) is 0 Å². The van der Waals surface area contributed by atoms with Crippen LogP contribution in [0.4, 0.5) is 0 Å². The van der Waals surface area contributed by atoms with Gasteiger partial charge in [0.15, 0.2) is 0 Å². The third-order valence-electron chi connectivity index (χ3n) is 1.88. The van der Waals surface area contributed by atoms with Crippen molar-refractivity contribution in [2.45, 2.75) is 13.8 Å². The zero-order chi connectivity index (χ0) is 10.2. The molecule has 15 heavy (non-hydrogen) atoms. The molecule has 1 aromatic rings. The van der Waals surface area contributed by atoms with Gasteiger partial charge >= 0.3 is 0 Å². The topological polar surface area (TPSA) is 0 Å². The zero-order valence-electron chi connectivity index (χ0n) is 9.18. The van der Waals surface area contributed by atoms with Crippen LogP contribution in [0, 0.1) is 44.9 Å². The first-order valence-corrected chi connectivity index (χ1v) is 4.82. The van der Waals surface area contributed by atoms with Crippen LogP contribution in [-0.4, -0.2) is 0 Å². The number of hydrogen-bond acceptors (Lipinski definition) is 0. The molecule has 0 N–H and O–H groups in total. The molecule has 0 amide bonds. The van der Waals surface area contributed by atoms with Crippen LogP contribution in [-0.2, 0) is 21.1 Å². The average Bonchev–Trinajstić information content (AvgIpc) is 2.21. The summed E-state index contributed by atoms with van der Waals surface area (Å²) in [5.41, 5.74) is 1.32. The first-order valence-electron chi connectivity index (χ1n) is 4.82. The fourth-order valence-electron chi connectivity index (χ4n) is 1.07. The Bertz CT molecular complexity index is 224. The Hall–Kier alpha value is -0.0917. The maximum absolute atomic E-state index is 2.08. The number of rotatable bonds is 0. The largest absolute Gasteiger partial charge is 0.726 e. The summed E-state index contributed by atoms with van der Waals surface area (Å²) in [6.07, 6.45) is 10.3. The summed E-state index contributed by atoms with van der Waals surface area (Å²) in [5.74, 6) is 1.32. The van der Waals surface area contributed by atoms with E-state index < -0.39 is 0 Å². The van der Waals surface area contributed by atoms with Crippen LogP contribution >= 0.6 is 0 Å². The van der Waals surface area contributed by atoms with Gasteiger partial charge in [0.05, 0.1) is 0 Å². The first kappa shape index (κ1) is 14.9. The fraction of sp³-hybridized carbons (Fsp3) is 0.143. The van der Waals surface area contributed by atoms with Crippen LogP contribution in [0.1, 0.15) is 12.5 Å². The van der Waals surface area contributed by atoms with Gasteiger partial charge in [-0.25, -0.2) is 6.92 Å². The van der Waals surface area contributed by atoms with Gasteiger partial charge in [-0.2, -0.15) is 0 Å². The second-order valence-corrected chi connectivity index (χ2v) is 3.31. The van der Waals surface area contributed by atoms with E-state index in [9.17, 15) is 0 Å². The monoisotopic (exact) mass is 282 g/mol. The van der Waals surface area contributed by atoms with Crippen LogP contribution in [0.3, 0.4) is 0 Å². The maximum atomic E-state index is 2.08. The molecule has 0 aliphatic heterocycles. The molecule has 2 rings (SSSR count). The van der Waals surface area contributed by atoms with E-state index in [4.69, 9.17) is 0 Å². The molecule has 0 heterocycles. The van der Waals surface area contributed by atoms with E-state index in [1.807, 2.05) is 37.5 Å². The molecular weight excluding hydrogens is 264 g/mol. The van der Waals surface area contributed by atoms with Gasteiger partial charge in [-0.1, -0.05) is 35.9 Å². The summed E-state index contributed by atoms with van der Waals surface area (Å²) in [6.45, 7) is 4.17. The summed E-state index contributed by atoms with van der Waals surface area (Å²) in [4.78, 5) is 0. The molecule has 1 aromatic carbocycles. The average molecular weight is 280 g/mol. The van der Waals surface area contributed by atoms with Crippen molar-refractivity contribution in [2.75, 3.05) is 0 Å². The first-order chi connectivity index (χ1) is 6.79. The van der Waals surface area contributed by atoms with Gasteiger partial charge < -0.3 is 38.0 Å². The SMILES string of the molecule is C[C-]1[CH-][CH-][CH-][CH-][CH-]1.Cc1ccccc1.[Mo]. The third-order valence-corrected chi connectivity index (χ3v) is 1.88. The number of benzene rings is 1. The Labute approximate surface area is 109 Å². The molecule has 1 aliphatic carbocycles. The van der Waals surface area contributed by atoms with Crippen molar-refractivity contribution in [3.8, 4) is 0 Å². The molecule has 0 aromatic heterocycles. The molecule has 0 atom stereocenters. The van der Waals surface area contributed by atoms with Gasteiger partial charge in [-0.15, -0.1) is 0 Å². The predicted molar refractivity (Wildman–Crippen MR) is 61.6 cm³/mol. The van der Waals surface area contributed by atoms with Crippen molar-refractivity contribution < 1.29 is 21.1 Å². The van der Waals surface area contributed by atoms with E-state index in [1.54, 1.807) is 0 Å². The van der Waals surface area contributed by atoms with E-state index in [1.165, 1.54) is 11.5 Å². The van der Waals surface area contributed by atoms with Crippen molar-refractivity contribution in [3.05, 3.63) is 73.9 Å². The zero-order valence-corrected chi connectivity index (χ0v) is 11.2. The summed E-state index contributed by atoms with van der Waals surface area (Å²) in [5, 5.41) is 0. The molecule has 1 heteroatoms. The second kappa shape index (κ2) is 9.16. The number of aryl methyl sites for hydroxylation is 1. The predicted octanol–water partition coefficient (Wildman–Crippen LogP) is 3.61. The summed E-state index contributed by atoms with van der Waals surface area (Å²) in [7, 11) is 0. The van der Waals surface area contributed by atoms with Crippen molar-refractivity contribution in [1.29, 1.82) is 0 Å². The van der Waals surface area contributed by atoms with Gasteiger partial charge in [-0.05, 0) is 6.92 Å². The summed E-state index contributed by atoms with van der Waals surface area (Å²) >= 11 is 0. The van der Waals surface area contributed by atoms with Crippen molar-refractivity contribution in [1.82, 2.24) is 0 Å². The van der Waals surface area contributed by atoms with Gasteiger partial charge in [0.1, 0.15) is 0 Å². The van der Waals surface area contributed by atoms with E-state index in [0.29, 0.717) is 0 Å². The van der Waals surface area contributed by atoms with E-state index >= 15 is 0 Å². The van der Waals surface area contributed by atoms with Gasteiger partial charge in [0, 0.05) is 21.1 Å². The molecular formula is C14H16Mo-6. The Morgan fingerprint density at radius 1 is 0.933 bits per heavy atom. The minimum absolute atomic E-state index is 0.